The molecule has 1 fully saturated rings. The molecule has 2 aromatic rings. The highest BCUT2D eigenvalue weighted by Gasteiger charge is 2.45. The van der Waals surface area contributed by atoms with Gasteiger partial charge in [0.2, 0.25) is 12.7 Å². The van der Waals surface area contributed by atoms with Crippen LogP contribution in [-0.2, 0) is 4.79 Å². The largest absolute Gasteiger partial charge is 0.490 e. The van der Waals surface area contributed by atoms with E-state index < -0.39 is 5.41 Å². The smallest absolute Gasteiger partial charge is 0.253 e. The first-order valence-electron chi connectivity index (χ1n) is 9.37. The molecule has 1 N–H and O–H groups in total. The van der Waals surface area contributed by atoms with Crippen LogP contribution in [0.25, 0.3) is 0 Å². The number of nitrogens with one attached hydrogen (secondary N) is 1. The van der Waals surface area contributed by atoms with Gasteiger partial charge < -0.3 is 24.4 Å². The van der Waals surface area contributed by atoms with Crippen molar-refractivity contribution in [3.63, 3.8) is 0 Å². The Morgan fingerprint density at radius 3 is 2.61 bits per heavy atom. The minimum Gasteiger partial charge on any atom is -0.490 e. The van der Waals surface area contributed by atoms with Gasteiger partial charge in [-0.05, 0) is 43.2 Å². The Balaban J connectivity index is 1.30. The molecule has 144 valence electrons. The zero-order valence-electron chi connectivity index (χ0n) is 15.3. The second-order valence-electron chi connectivity index (χ2n) is 7.38. The van der Waals surface area contributed by atoms with Crippen LogP contribution in [0.3, 0.4) is 0 Å². The zero-order valence-corrected chi connectivity index (χ0v) is 15.3. The highest BCUT2D eigenvalue weighted by atomic mass is 16.7. The molecule has 3 aliphatic rings. The third-order valence-electron chi connectivity index (χ3n) is 5.75. The lowest BCUT2D eigenvalue weighted by Crippen LogP contribution is -2.50. The molecule has 0 aliphatic carbocycles. The predicted molar refractivity (Wildman–Crippen MR) is 101 cm³/mol. The van der Waals surface area contributed by atoms with E-state index in [1.54, 1.807) is 23.1 Å². The minimum atomic E-state index is -0.620. The van der Waals surface area contributed by atoms with E-state index in [4.69, 9.17) is 14.2 Å². The Hall–Kier alpha value is -3.22. The minimum absolute atomic E-state index is 0.0346. The number of benzene rings is 2. The summed E-state index contributed by atoms with van der Waals surface area (Å²) >= 11 is 0. The van der Waals surface area contributed by atoms with Crippen LogP contribution in [-0.4, -0.2) is 43.2 Å². The van der Waals surface area contributed by atoms with Crippen molar-refractivity contribution in [3.05, 3.63) is 48.0 Å². The van der Waals surface area contributed by atoms with Gasteiger partial charge in [-0.25, -0.2) is 0 Å². The Morgan fingerprint density at radius 1 is 0.964 bits per heavy atom. The molecule has 0 atom stereocenters. The lowest BCUT2D eigenvalue weighted by Gasteiger charge is -2.39. The second-order valence-corrected chi connectivity index (χ2v) is 7.38. The Bertz CT molecular complexity index is 950. The first kappa shape index (κ1) is 16.9. The average Bonchev–Trinajstić information content (AvgIpc) is 3.16. The Labute approximate surface area is 162 Å². The van der Waals surface area contributed by atoms with Crippen LogP contribution in [0.15, 0.2) is 42.5 Å². The highest BCUT2D eigenvalue weighted by molar-refractivity contribution is 5.98. The van der Waals surface area contributed by atoms with Crippen LogP contribution in [0.5, 0.6) is 17.2 Å². The number of piperidine rings is 1. The van der Waals surface area contributed by atoms with Gasteiger partial charge in [-0.1, -0.05) is 12.1 Å². The van der Waals surface area contributed by atoms with Crippen LogP contribution in [0.2, 0.25) is 0 Å². The van der Waals surface area contributed by atoms with E-state index in [2.05, 4.69) is 5.32 Å². The molecule has 0 saturated carbocycles. The maximum atomic E-state index is 12.9. The molecule has 7 heteroatoms. The third kappa shape index (κ3) is 2.74. The molecule has 2 aromatic carbocycles. The molecule has 0 radical (unpaired) electrons. The van der Waals surface area contributed by atoms with E-state index in [1.165, 1.54) is 0 Å². The number of para-hydroxylation sites is 2. The number of likely N-dealkylation sites (tertiary alicyclic amines) is 1. The predicted octanol–water partition coefficient (Wildman–Crippen LogP) is 2.67. The Morgan fingerprint density at radius 2 is 1.75 bits per heavy atom. The second kappa shape index (κ2) is 6.44. The first-order valence-corrected chi connectivity index (χ1v) is 9.37. The molecule has 7 nitrogen and oxygen atoms in total. The van der Waals surface area contributed by atoms with Crippen molar-refractivity contribution in [3.8, 4) is 17.2 Å². The number of carbonyl (C=O) groups is 2. The third-order valence-corrected chi connectivity index (χ3v) is 5.75. The number of rotatable bonds is 1. The van der Waals surface area contributed by atoms with Crippen molar-refractivity contribution in [2.24, 2.45) is 5.41 Å². The number of fused-ring (bicyclic) bond motifs is 2. The standard InChI is InChI=1S/C21H20N2O5/c24-19(14-5-6-17-18(11-14)28-13-27-17)23-9-7-21(8-10-23)12-26-16-4-2-1-3-15(16)22-20(21)25/h1-6,11H,7-10,12-13H2,(H,22,25). The van der Waals surface area contributed by atoms with Crippen LogP contribution in [0.1, 0.15) is 23.2 Å². The van der Waals surface area contributed by atoms with E-state index >= 15 is 0 Å². The molecule has 3 heterocycles. The van der Waals surface area contributed by atoms with Gasteiger partial charge in [-0.2, -0.15) is 0 Å². The summed E-state index contributed by atoms with van der Waals surface area (Å²) in [5.74, 6) is 1.83. The van der Waals surface area contributed by atoms with Crippen molar-refractivity contribution < 1.29 is 23.8 Å². The molecule has 1 saturated heterocycles. The summed E-state index contributed by atoms with van der Waals surface area (Å²) in [6.45, 7) is 1.50. The van der Waals surface area contributed by atoms with Gasteiger partial charge in [0.1, 0.15) is 12.4 Å². The van der Waals surface area contributed by atoms with Crippen molar-refractivity contribution in [1.29, 1.82) is 0 Å². The van der Waals surface area contributed by atoms with Crippen molar-refractivity contribution in [2.45, 2.75) is 12.8 Å². The zero-order chi connectivity index (χ0) is 19.1. The van der Waals surface area contributed by atoms with E-state index in [0.29, 0.717) is 61.0 Å². The van der Waals surface area contributed by atoms with E-state index in [9.17, 15) is 9.59 Å². The SMILES string of the molecule is O=C(c1ccc2c(c1)OCO2)N1CCC2(CC1)COc1ccccc1NC2=O. The summed E-state index contributed by atoms with van der Waals surface area (Å²) < 4.78 is 16.6. The molecule has 0 aromatic heterocycles. The van der Waals surface area contributed by atoms with Gasteiger partial charge in [0, 0.05) is 18.7 Å². The van der Waals surface area contributed by atoms with E-state index in [0.717, 1.165) is 0 Å². The fraction of sp³-hybridized carbons (Fsp3) is 0.333. The fourth-order valence-electron chi connectivity index (χ4n) is 3.95. The van der Waals surface area contributed by atoms with Crippen LogP contribution in [0.4, 0.5) is 5.69 Å². The number of hydrogen-bond donors (Lipinski definition) is 1. The first-order chi connectivity index (χ1) is 13.6. The molecule has 2 amide bonds. The average molecular weight is 380 g/mol. The molecule has 0 bridgehead atoms. The number of hydrogen-bond acceptors (Lipinski definition) is 5. The summed E-state index contributed by atoms with van der Waals surface area (Å²) in [5.41, 5.74) is 0.641. The monoisotopic (exact) mass is 380 g/mol. The van der Waals surface area contributed by atoms with Crippen LogP contribution >= 0.6 is 0 Å². The normalized spacial score (nSPS) is 19.4. The molecule has 28 heavy (non-hydrogen) atoms. The number of anilines is 1. The number of carbonyl (C=O) groups excluding carboxylic acids is 2. The maximum Gasteiger partial charge on any atom is 0.253 e. The lowest BCUT2D eigenvalue weighted by molar-refractivity contribution is -0.129. The molecular formula is C21H20N2O5. The number of ether oxygens (including phenoxy) is 3. The van der Waals surface area contributed by atoms with Gasteiger partial charge in [-0.15, -0.1) is 0 Å². The molecule has 5 rings (SSSR count). The molecular weight excluding hydrogens is 360 g/mol. The lowest BCUT2D eigenvalue weighted by atomic mass is 9.78. The van der Waals surface area contributed by atoms with Gasteiger partial charge in [0.15, 0.2) is 11.5 Å². The summed E-state index contributed by atoms with van der Waals surface area (Å²) in [5, 5.41) is 2.99. The fourth-order valence-corrected chi connectivity index (χ4v) is 3.95. The topological polar surface area (TPSA) is 77.1 Å². The number of amides is 2. The summed E-state index contributed by atoms with van der Waals surface area (Å²) in [4.78, 5) is 27.6. The van der Waals surface area contributed by atoms with Gasteiger partial charge >= 0.3 is 0 Å². The molecule has 0 unspecified atom stereocenters. The van der Waals surface area contributed by atoms with E-state index in [1.807, 2.05) is 24.3 Å². The van der Waals surface area contributed by atoms with E-state index in [-0.39, 0.29) is 18.6 Å². The van der Waals surface area contributed by atoms with Crippen LogP contribution in [0, 0.1) is 5.41 Å². The van der Waals surface area contributed by atoms with Crippen molar-refractivity contribution >= 4 is 17.5 Å². The summed E-state index contributed by atoms with van der Waals surface area (Å²) in [6.07, 6.45) is 1.12. The molecule has 3 aliphatic heterocycles. The summed E-state index contributed by atoms with van der Waals surface area (Å²) in [7, 11) is 0. The quantitative estimate of drug-likeness (QED) is 0.823. The Kier molecular flexibility index (Phi) is 3.89. The van der Waals surface area contributed by atoms with Crippen molar-refractivity contribution in [1.82, 2.24) is 4.90 Å². The maximum absolute atomic E-state index is 12.9. The highest BCUT2D eigenvalue weighted by Crippen LogP contribution is 2.39. The number of nitrogens with zero attached hydrogens (tertiary/aromatic N) is 1. The van der Waals surface area contributed by atoms with Gasteiger partial charge in [0.25, 0.3) is 5.91 Å². The van der Waals surface area contributed by atoms with Gasteiger partial charge in [-0.3, -0.25) is 9.59 Å². The molecule has 1 spiro atoms. The van der Waals surface area contributed by atoms with Gasteiger partial charge in [0.05, 0.1) is 11.1 Å². The summed E-state index contributed by atoms with van der Waals surface area (Å²) in [6, 6.07) is 12.7. The van der Waals surface area contributed by atoms with Crippen molar-refractivity contribution in [2.75, 3.05) is 31.8 Å². The van der Waals surface area contributed by atoms with Crippen LogP contribution < -0.4 is 19.5 Å².